The summed E-state index contributed by atoms with van der Waals surface area (Å²) in [5, 5.41) is 2.82. The average Bonchev–Trinajstić information content (AvgIpc) is 3.43. The Morgan fingerprint density at radius 3 is 2.96 bits per heavy atom. The summed E-state index contributed by atoms with van der Waals surface area (Å²) in [7, 11) is 0. The number of amides is 1. The molecule has 5 nitrogen and oxygen atoms in total. The van der Waals surface area contributed by atoms with Gasteiger partial charge >= 0.3 is 0 Å². The number of fused-ring (bicyclic) bond motifs is 1. The number of nitrogens with one attached hydrogen (secondary N) is 1. The SMILES string of the molecule is O=C[C@@H]1CCCN1C(=O)[C@H]1NCSC1C(=O)CCC1=Cc2ccccc2C1. The Hall–Kier alpha value is -1.92. The maximum atomic E-state index is 12.9. The highest BCUT2D eigenvalue weighted by atomic mass is 32.2. The van der Waals surface area contributed by atoms with Crippen LogP contribution in [0.4, 0.5) is 0 Å². The van der Waals surface area contributed by atoms with Gasteiger partial charge in [0.1, 0.15) is 18.1 Å². The van der Waals surface area contributed by atoms with Gasteiger partial charge in [0.05, 0.1) is 11.3 Å². The molecule has 1 unspecified atom stereocenters. The van der Waals surface area contributed by atoms with E-state index in [4.69, 9.17) is 0 Å². The first-order valence-electron chi connectivity index (χ1n) is 9.58. The highest BCUT2D eigenvalue weighted by molar-refractivity contribution is 8.00. The molecule has 1 amide bonds. The Morgan fingerprint density at radius 1 is 1.30 bits per heavy atom. The molecule has 2 fully saturated rings. The van der Waals surface area contributed by atoms with Crippen molar-refractivity contribution >= 4 is 35.8 Å². The Labute approximate surface area is 163 Å². The third-order valence-electron chi connectivity index (χ3n) is 5.72. The molecule has 1 aliphatic carbocycles. The number of likely N-dealkylation sites (tertiary alicyclic amines) is 1. The first kappa shape index (κ1) is 18.4. The number of nitrogens with zero attached hydrogens (tertiary/aromatic N) is 1. The molecule has 2 heterocycles. The Bertz CT molecular complexity index is 791. The van der Waals surface area contributed by atoms with Crippen molar-refractivity contribution in [3.05, 3.63) is 41.0 Å². The van der Waals surface area contributed by atoms with E-state index in [1.807, 2.05) is 12.1 Å². The summed E-state index contributed by atoms with van der Waals surface area (Å²) in [6, 6.07) is 7.48. The van der Waals surface area contributed by atoms with Crippen LogP contribution < -0.4 is 5.32 Å². The fraction of sp³-hybridized carbons (Fsp3) is 0.476. The van der Waals surface area contributed by atoms with Gasteiger partial charge in [-0.3, -0.25) is 14.9 Å². The van der Waals surface area contributed by atoms with E-state index in [1.54, 1.807) is 4.90 Å². The third-order valence-corrected chi connectivity index (χ3v) is 6.94. The summed E-state index contributed by atoms with van der Waals surface area (Å²) in [5.74, 6) is 0.628. The predicted octanol–water partition coefficient (Wildman–Crippen LogP) is 2.20. The van der Waals surface area contributed by atoms with Crippen LogP contribution in [-0.2, 0) is 20.8 Å². The number of aldehydes is 1. The lowest BCUT2D eigenvalue weighted by Gasteiger charge is -2.26. The maximum absolute atomic E-state index is 12.9. The van der Waals surface area contributed by atoms with Gasteiger partial charge in [-0.05, 0) is 36.8 Å². The summed E-state index contributed by atoms with van der Waals surface area (Å²) in [5.41, 5.74) is 3.85. The van der Waals surface area contributed by atoms with E-state index in [-0.39, 0.29) is 23.0 Å². The van der Waals surface area contributed by atoms with E-state index in [0.29, 0.717) is 18.8 Å². The molecule has 0 radical (unpaired) electrons. The molecule has 1 aromatic rings. The minimum atomic E-state index is -0.502. The van der Waals surface area contributed by atoms with Gasteiger partial charge in [0.25, 0.3) is 0 Å². The van der Waals surface area contributed by atoms with E-state index in [9.17, 15) is 14.4 Å². The van der Waals surface area contributed by atoms with Gasteiger partial charge in [0, 0.05) is 18.8 Å². The highest BCUT2D eigenvalue weighted by Gasteiger charge is 2.42. The molecule has 3 aliphatic rings. The maximum Gasteiger partial charge on any atom is 0.241 e. The van der Waals surface area contributed by atoms with Gasteiger partial charge in [-0.1, -0.05) is 35.9 Å². The van der Waals surface area contributed by atoms with Crippen LogP contribution in [0.15, 0.2) is 29.8 Å². The van der Waals surface area contributed by atoms with Gasteiger partial charge in [-0.2, -0.15) is 0 Å². The number of thioether (sulfide) groups is 1. The molecular weight excluding hydrogens is 360 g/mol. The molecule has 4 rings (SSSR count). The standard InChI is InChI=1S/C21H24N2O3S/c24-12-17-6-3-9-23(17)21(26)19-20(27-13-22-19)18(25)8-7-14-10-15-4-1-2-5-16(15)11-14/h1-2,4-5,10,12,17,19-20,22H,3,6-9,11,13H2/t17-,19-,20?/m0/s1. The lowest BCUT2D eigenvalue weighted by Crippen LogP contribution is -2.51. The number of Topliss-reactive ketones (excluding diaryl/α,β-unsaturated/α-hetero) is 1. The van der Waals surface area contributed by atoms with Crippen LogP contribution >= 0.6 is 11.8 Å². The van der Waals surface area contributed by atoms with Crippen molar-refractivity contribution < 1.29 is 14.4 Å². The number of hydrogen-bond acceptors (Lipinski definition) is 5. The molecule has 0 bridgehead atoms. The van der Waals surface area contributed by atoms with Crippen molar-refractivity contribution in [2.75, 3.05) is 12.4 Å². The molecule has 6 heteroatoms. The lowest BCUT2D eigenvalue weighted by molar-refractivity contribution is -0.137. The van der Waals surface area contributed by atoms with Crippen LogP contribution in [0.5, 0.6) is 0 Å². The molecule has 3 atom stereocenters. The number of carbonyl (C=O) groups excluding carboxylic acids is 3. The van der Waals surface area contributed by atoms with Crippen LogP contribution in [0, 0.1) is 0 Å². The van der Waals surface area contributed by atoms with E-state index in [0.717, 1.165) is 32.0 Å². The summed E-state index contributed by atoms with van der Waals surface area (Å²) in [6.07, 6.45) is 6.73. The number of allylic oxidation sites excluding steroid dienone is 1. The van der Waals surface area contributed by atoms with E-state index in [2.05, 4.69) is 23.5 Å². The molecule has 1 aromatic carbocycles. The molecular formula is C21H24N2O3S. The second kappa shape index (κ2) is 7.98. The normalized spacial score (nSPS) is 26.7. The summed E-state index contributed by atoms with van der Waals surface area (Å²) in [4.78, 5) is 38.5. The molecule has 1 N–H and O–H groups in total. The van der Waals surface area contributed by atoms with Crippen molar-refractivity contribution in [2.24, 2.45) is 0 Å². The molecule has 2 aliphatic heterocycles. The second-order valence-corrected chi connectivity index (χ2v) is 8.57. The minimum absolute atomic E-state index is 0.0968. The number of rotatable bonds is 6. The van der Waals surface area contributed by atoms with Crippen molar-refractivity contribution in [3.63, 3.8) is 0 Å². The van der Waals surface area contributed by atoms with Crippen LogP contribution in [-0.4, -0.2) is 52.6 Å². The summed E-state index contributed by atoms with van der Waals surface area (Å²) in [6.45, 7) is 0.608. The predicted molar refractivity (Wildman–Crippen MR) is 106 cm³/mol. The average molecular weight is 385 g/mol. The topological polar surface area (TPSA) is 66.5 Å². The minimum Gasteiger partial charge on any atom is -0.332 e. The van der Waals surface area contributed by atoms with Crippen LogP contribution in [0.1, 0.15) is 36.8 Å². The van der Waals surface area contributed by atoms with Crippen LogP contribution in [0.25, 0.3) is 6.08 Å². The molecule has 27 heavy (non-hydrogen) atoms. The molecule has 2 saturated heterocycles. The number of ketones is 1. The summed E-state index contributed by atoms with van der Waals surface area (Å²) >= 11 is 1.51. The van der Waals surface area contributed by atoms with Crippen molar-refractivity contribution in [1.29, 1.82) is 0 Å². The number of hydrogen-bond donors (Lipinski definition) is 1. The van der Waals surface area contributed by atoms with Gasteiger partial charge in [-0.25, -0.2) is 0 Å². The molecule has 142 valence electrons. The Kier molecular flexibility index (Phi) is 5.45. The number of carbonyl (C=O) groups is 3. The van der Waals surface area contributed by atoms with Crippen molar-refractivity contribution in [2.45, 2.75) is 49.4 Å². The van der Waals surface area contributed by atoms with Gasteiger partial charge in [-0.15, -0.1) is 11.8 Å². The summed E-state index contributed by atoms with van der Waals surface area (Å²) < 4.78 is 0. The lowest BCUT2D eigenvalue weighted by atomic mass is 10.0. The zero-order valence-electron chi connectivity index (χ0n) is 15.2. The molecule has 0 spiro atoms. The molecule has 0 aromatic heterocycles. The Balaban J connectivity index is 1.36. The zero-order valence-corrected chi connectivity index (χ0v) is 16.0. The van der Waals surface area contributed by atoms with Crippen LogP contribution in [0.3, 0.4) is 0 Å². The van der Waals surface area contributed by atoms with E-state index < -0.39 is 6.04 Å². The van der Waals surface area contributed by atoms with Gasteiger partial charge < -0.3 is 9.69 Å². The second-order valence-electron chi connectivity index (χ2n) is 7.44. The number of benzene rings is 1. The van der Waals surface area contributed by atoms with Gasteiger partial charge in [0.2, 0.25) is 5.91 Å². The first-order valence-corrected chi connectivity index (χ1v) is 10.6. The third kappa shape index (κ3) is 3.73. The first-order chi connectivity index (χ1) is 13.2. The van der Waals surface area contributed by atoms with Crippen molar-refractivity contribution in [3.8, 4) is 0 Å². The smallest absolute Gasteiger partial charge is 0.241 e. The van der Waals surface area contributed by atoms with E-state index in [1.165, 1.54) is 28.5 Å². The molecule has 0 saturated carbocycles. The zero-order chi connectivity index (χ0) is 18.8. The monoisotopic (exact) mass is 384 g/mol. The largest absolute Gasteiger partial charge is 0.332 e. The fourth-order valence-electron chi connectivity index (χ4n) is 4.25. The van der Waals surface area contributed by atoms with E-state index >= 15 is 0 Å². The fourth-order valence-corrected chi connectivity index (χ4v) is 5.42. The Morgan fingerprint density at radius 2 is 2.15 bits per heavy atom. The quantitative estimate of drug-likeness (QED) is 0.762. The highest BCUT2D eigenvalue weighted by Crippen LogP contribution is 2.30. The van der Waals surface area contributed by atoms with Crippen molar-refractivity contribution in [1.82, 2.24) is 10.2 Å². The van der Waals surface area contributed by atoms with Crippen LogP contribution in [0.2, 0.25) is 0 Å². The van der Waals surface area contributed by atoms with Gasteiger partial charge in [0.15, 0.2) is 0 Å².